The molecule has 4 nitrogen and oxygen atoms in total. The van der Waals surface area contributed by atoms with Gasteiger partial charge in [0.1, 0.15) is 11.5 Å². The molecule has 0 unspecified atom stereocenters. The minimum Gasteiger partial charge on any atom is -0.255 e. The first-order chi connectivity index (χ1) is 6.25. The molecule has 2 heterocycles. The van der Waals surface area contributed by atoms with Crippen LogP contribution in [0.4, 0.5) is 4.39 Å². The molecule has 13 heavy (non-hydrogen) atoms. The first-order valence-electron chi connectivity index (χ1n) is 3.74. The van der Waals surface area contributed by atoms with Crippen molar-refractivity contribution >= 4 is 0 Å². The van der Waals surface area contributed by atoms with Crippen molar-refractivity contribution in [1.82, 2.24) is 20.0 Å². The zero-order chi connectivity index (χ0) is 9.26. The molecule has 2 aromatic heterocycles. The number of pyridine rings is 1. The van der Waals surface area contributed by atoms with E-state index in [1.807, 2.05) is 0 Å². The summed E-state index contributed by atoms with van der Waals surface area (Å²) in [4.78, 5) is 3.87. The lowest BCUT2D eigenvalue weighted by Gasteiger charge is -1.92. The van der Waals surface area contributed by atoms with Gasteiger partial charge >= 0.3 is 0 Å². The highest BCUT2D eigenvalue weighted by Crippen LogP contribution is 2.11. The average molecular weight is 178 g/mol. The fraction of sp³-hybridized carbons (Fsp3) is 0.125. The number of hydrogen-bond acceptors (Lipinski definition) is 3. The quantitative estimate of drug-likeness (QED) is 0.654. The van der Waals surface area contributed by atoms with Crippen LogP contribution in [0.2, 0.25) is 0 Å². The molecule has 0 amide bonds. The van der Waals surface area contributed by atoms with E-state index < -0.39 is 0 Å². The minimum atomic E-state index is -0.354. The molecular weight excluding hydrogens is 171 g/mol. The Labute approximate surface area is 74.0 Å². The topological polar surface area (TPSA) is 43.6 Å². The van der Waals surface area contributed by atoms with Gasteiger partial charge in [-0.1, -0.05) is 5.21 Å². The smallest absolute Gasteiger partial charge is 0.141 e. The molecule has 0 aliphatic carbocycles. The van der Waals surface area contributed by atoms with E-state index >= 15 is 0 Å². The summed E-state index contributed by atoms with van der Waals surface area (Å²) < 4.78 is 14.1. The van der Waals surface area contributed by atoms with Crippen molar-refractivity contribution in [3.05, 3.63) is 30.3 Å². The number of aromatic nitrogens is 4. The number of aryl methyl sites for hydroxylation is 1. The molecule has 0 spiro atoms. The van der Waals surface area contributed by atoms with Crippen LogP contribution < -0.4 is 0 Å². The molecule has 0 saturated carbocycles. The van der Waals surface area contributed by atoms with E-state index in [2.05, 4.69) is 15.3 Å². The van der Waals surface area contributed by atoms with E-state index in [9.17, 15) is 4.39 Å². The lowest BCUT2D eigenvalue weighted by Crippen LogP contribution is -1.85. The Bertz CT molecular complexity index is 406. The summed E-state index contributed by atoms with van der Waals surface area (Å²) in [7, 11) is 1.76. The highest BCUT2D eigenvalue weighted by molar-refractivity contribution is 5.51. The molecule has 0 aliphatic rings. The predicted molar refractivity (Wildman–Crippen MR) is 44.2 cm³/mol. The Balaban J connectivity index is 2.41. The van der Waals surface area contributed by atoms with Crippen molar-refractivity contribution in [2.75, 3.05) is 0 Å². The van der Waals surface area contributed by atoms with Gasteiger partial charge in [-0.25, -0.2) is 4.39 Å². The van der Waals surface area contributed by atoms with E-state index in [0.29, 0.717) is 11.4 Å². The van der Waals surface area contributed by atoms with Gasteiger partial charge in [-0.2, -0.15) is 0 Å². The highest BCUT2D eigenvalue weighted by atomic mass is 19.1. The number of hydrogen-bond donors (Lipinski definition) is 0. The molecule has 0 fully saturated rings. The van der Waals surface area contributed by atoms with Crippen LogP contribution in [-0.2, 0) is 7.05 Å². The molecule has 2 rings (SSSR count). The maximum absolute atomic E-state index is 12.5. The molecule has 0 atom stereocenters. The Kier molecular flexibility index (Phi) is 1.77. The highest BCUT2D eigenvalue weighted by Gasteiger charge is 2.02. The van der Waals surface area contributed by atoms with Crippen molar-refractivity contribution in [3.8, 4) is 11.4 Å². The SMILES string of the molecule is Cn1cc(-c2ccc(F)cn2)nn1. The molecule has 0 N–H and O–H groups in total. The molecule has 0 aliphatic heterocycles. The maximum Gasteiger partial charge on any atom is 0.141 e. The van der Waals surface area contributed by atoms with Crippen molar-refractivity contribution in [2.24, 2.45) is 7.05 Å². The van der Waals surface area contributed by atoms with Crippen LogP contribution in [0.5, 0.6) is 0 Å². The lowest BCUT2D eigenvalue weighted by atomic mass is 10.3. The van der Waals surface area contributed by atoms with Crippen LogP contribution in [-0.4, -0.2) is 20.0 Å². The van der Waals surface area contributed by atoms with Gasteiger partial charge in [0, 0.05) is 7.05 Å². The molecule has 0 aromatic carbocycles. The predicted octanol–water partition coefficient (Wildman–Crippen LogP) is 1.02. The molecular formula is C8H7FN4. The summed E-state index contributed by atoms with van der Waals surface area (Å²) in [5.41, 5.74) is 1.26. The van der Waals surface area contributed by atoms with Gasteiger partial charge in [0.05, 0.1) is 18.1 Å². The van der Waals surface area contributed by atoms with E-state index in [-0.39, 0.29) is 5.82 Å². The van der Waals surface area contributed by atoms with Crippen LogP contribution in [0.25, 0.3) is 11.4 Å². The van der Waals surface area contributed by atoms with E-state index in [1.165, 1.54) is 6.07 Å². The second-order valence-corrected chi connectivity index (χ2v) is 2.64. The van der Waals surface area contributed by atoms with Crippen LogP contribution in [0.1, 0.15) is 0 Å². The first kappa shape index (κ1) is 7.85. The Morgan fingerprint density at radius 1 is 1.31 bits per heavy atom. The summed E-state index contributed by atoms with van der Waals surface area (Å²) in [6, 6.07) is 2.91. The molecule has 0 bridgehead atoms. The first-order valence-corrected chi connectivity index (χ1v) is 3.74. The van der Waals surface area contributed by atoms with Crippen LogP contribution in [0.3, 0.4) is 0 Å². The number of rotatable bonds is 1. The standard InChI is InChI=1S/C8H7FN4/c1-13-5-8(11-12-13)7-3-2-6(9)4-10-7/h2-5H,1H3. The summed E-state index contributed by atoms with van der Waals surface area (Å²) in [6.07, 6.45) is 2.88. The Morgan fingerprint density at radius 3 is 2.69 bits per heavy atom. The van der Waals surface area contributed by atoms with Gasteiger partial charge in [0.2, 0.25) is 0 Å². The van der Waals surface area contributed by atoms with E-state index in [1.54, 1.807) is 24.0 Å². The molecule has 66 valence electrons. The molecule has 5 heteroatoms. The molecule has 0 radical (unpaired) electrons. The summed E-state index contributed by atoms with van der Waals surface area (Å²) >= 11 is 0. The fourth-order valence-corrected chi connectivity index (χ4v) is 0.992. The lowest BCUT2D eigenvalue weighted by molar-refractivity contribution is 0.622. The average Bonchev–Trinajstić information content (AvgIpc) is 2.53. The van der Waals surface area contributed by atoms with E-state index in [0.717, 1.165) is 6.20 Å². The largest absolute Gasteiger partial charge is 0.255 e. The third-order valence-electron chi connectivity index (χ3n) is 1.59. The summed E-state index contributed by atoms with van der Waals surface area (Å²) in [6.45, 7) is 0. The van der Waals surface area contributed by atoms with Crippen LogP contribution >= 0.6 is 0 Å². The Morgan fingerprint density at radius 2 is 2.15 bits per heavy atom. The van der Waals surface area contributed by atoms with Gasteiger partial charge in [0.15, 0.2) is 0 Å². The summed E-state index contributed by atoms with van der Waals surface area (Å²) in [5.74, 6) is -0.354. The maximum atomic E-state index is 12.5. The zero-order valence-electron chi connectivity index (χ0n) is 6.98. The molecule has 0 saturated heterocycles. The normalized spacial score (nSPS) is 10.3. The Hall–Kier alpha value is -1.78. The van der Waals surface area contributed by atoms with Gasteiger partial charge in [-0.15, -0.1) is 5.10 Å². The minimum absolute atomic E-state index is 0.354. The number of halogens is 1. The van der Waals surface area contributed by atoms with Crippen LogP contribution in [0.15, 0.2) is 24.5 Å². The third-order valence-corrected chi connectivity index (χ3v) is 1.59. The van der Waals surface area contributed by atoms with Crippen molar-refractivity contribution < 1.29 is 4.39 Å². The second-order valence-electron chi connectivity index (χ2n) is 2.64. The van der Waals surface area contributed by atoms with Crippen molar-refractivity contribution in [2.45, 2.75) is 0 Å². The summed E-state index contributed by atoms with van der Waals surface area (Å²) in [5, 5.41) is 7.59. The number of nitrogens with zero attached hydrogens (tertiary/aromatic N) is 4. The monoisotopic (exact) mass is 178 g/mol. The van der Waals surface area contributed by atoms with Gasteiger partial charge in [-0.05, 0) is 12.1 Å². The van der Waals surface area contributed by atoms with Gasteiger partial charge < -0.3 is 0 Å². The third kappa shape index (κ3) is 1.53. The van der Waals surface area contributed by atoms with Gasteiger partial charge in [0.25, 0.3) is 0 Å². The van der Waals surface area contributed by atoms with Crippen LogP contribution in [0, 0.1) is 5.82 Å². The van der Waals surface area contributed by atoms with E-state index in [4.69, 9.17) is 0 Å². The van der Waals surface area contributed by atoms with Crippen molar-refractivity contribution in [3.63, 3.8) is 0 Å². The molecule has 2 aromatic rings. The second kappa shape index (κ2) is 2.93. The fourth-order valence-electron chi connectivity index (χ4n) is 0.992. The van der Waals surface area contributed by atoms with Gasteiger partial charge in [-0.3, -0.25) is 9.67 Å². The van der Waals surface area contributed by atoms with Crippen molar-refractivity contribution in [1.29, 1.82) is 0 Å². The zero-order valence-corrected chi connectivity index (χ0v) is 6.98.